The Bertz CT molecular complexity index is 155. The number of piperidine rings is 1. The zero-order valence-electron chi connectivity index (χ0n) is 8.09. The molecule has 0 unspecified atom stereocenters. The summed E-state index contributed by atoms with van der Waals surface area (Å²) in [6.45, 7) is 3.78. The molecule has 0 bridgehead atoms. The molecule has 0 radical (unpaired) electrons. The first-order valence-corrected chi connectivity index (χ1v) is 5.02. The summed E-state index contributed by atoms with van der Waals surface area (Å²) in [5.74, 6) is 0.104. The Morgan fingerprint density at radius 2 is 2.00 bits per heavy atom. The van der Waals surface area contributed by atoms with Crippen molar-refractivity contribution in [2.24, 2.45) is 5.73 Å². The van der Waals surface area contributed by atoms with Gasteiger partial charge in [-0.1, -0.05) is 6.42 Å². The quantitative estimate of drug-likeness (QED) is 0.623. The predicted octanol–water partition coefficient (Wildman–Crippen LogP) is -0.453. The first kappa shape index (κ1) is 10.5. The van der Waals surface area contributed by atoms with Gasteiger partial charge in [0.05, 0.1) is 6.54 Å². The SMILES string of the molecule is NCCNC(=O)CN1CCCCC1. The zero-order chi connectivity index (χ0) is 9.52. The fourth-order valence-electron chi connectivity index (χ4n) is 1.59. The third-order valence-corrected chi connectivity index (χ3v) is 2.28. The maximum Gasteiger partial charge on any atom is 0.234 e. The van der Waals surface area contributed by atoms with Gasteiger partial charge in [0.15, 0.2) is 0 Å². The van der Waals surface area contributed by atoms with E-state index in [-0.39, 0.29) is 5.91 Å². The number of rotatable bonds is 4. The number of nitrogens with zero attached hydrogens (tertiary/aromatic N) is 1. The predicted molar refractivity (Wildman–Crippen MR) is 52.4 cm³/mol. The van der Waals surface area contributed by atoms with E-state index in [0.29, 0.717) is 19.6 Å². The van der Waals surface area contributed by atoms with Crippen LogP contribution < -0.4 is 11.1 Å². The van der Waals surface area contributed by atoms with E-state index in [1.54, 1.807) is 0 Å². The van der Waals surface area contributed by atoms with Gasteiger partial charge in [0.1, 0.15) is 0 Å². The lowest BCUT2D eigenvalue weighted by molar-refractivity contribution is -0.122. The van der Waals surface area contributed by atoms with Crippen LogP contribution in [0.4, 0.5) is 0 Å². The fourth-order valence-corrected chi connectivity index (χ4v) is 1.59. The molecule has 0 aromatic rings. The van der Waals surface area contributed by atoms with Crippen LogP contribution in [-0.2, 0) is 4.79 Å². The Labute approximate surface area is 79.5 Å². The van der Waals surface area contributed by atoms with Gasteiger partial charge >= 0.3 is 0 Å². The summed E-state index contributed by atoms with van der Waals surface area (Å²) in [4.78, 5) is 13.5. The lowest BCUT2D eigenvalue weighted by Crippen LogP contribution is -2.41. The highest BCUT2D eigenvalue weighted by atomic mass is 16.2. The number of hydrogen-bond donors (Lipinski definition) is 2. The van der Waals surface area contributed by atoms with Gasteiger partial charge in [-0.05, 0) is 25.9 Å². The first-order chi connectivity index (χ1) is 6.33. The molecule has 0 aliphatic carbocycles. The lowest BCUT2D eigenvalue weighted by atomic mass is 10.1. The molecule has 13 heavy (non-hydrogen) atoms. The molecule has 1 saturated heterocycles. The molecule has 0 spiro atoms. The second-order valence-electron chi connectivity index (χ2n) is 3.48. The summed E-state index contributed by atoms with van der Waals surface area (Å²) >= 11 is 0. The van der Waals surface area contributed by atoms with E-state index < -0.39 is 0 Å². The number of nitrogens with one attached hydrogen (secondary N) is 1. The Balaban J connectivity index is 2.11. The van der Waals surface area contributed by atoms with Crippen LogP contribution in [0, 0.1) is 0 Å². The van der Waals surface area contributed by atoms with Crippen LogP contribution in [0.5, 0.6) is 0 Å². The van der Waals surface area contributed by atoms with Crippen LogP contribution in [0.25, 0.3) is 0 Å². The molecular weight excluding hydrogens is 166 g/mol. The van der Waals surface area contributed by atoms with Gasteiger partial charge in [-0.3, -0.25) is 9.69 Å². The highest BCUT2D eigenvalue weighted by molar-refractivity contribution is 5.77. The van der Waals surface area contributed by atoms with Crippen LogP contribution in [0.3, 0.4) is 0 Å². The minimum absolute atomic E-state index is 0.104. The number of likely N-dealkylation sites (tertiary alicyclic amines) is 1. The Morgan fingerprint density at radius 3 is 2.62 bits per heavy atom. The summed E-state index contributed by atoms with van der Waals surface area (Å²) in [7, 11) is 0. The smallest absolute Gasteiger partial charge is 0.234 e. The maximum absolute atomic E-state index is 11.3. The minimum Gasteiger partial charge on any atom is -0.354 e. The van der Waals surface area contributed by atoms with Gasteiger partial charge in [-0.15, -0.1) is 0 Å². The van der Waals surface area contributed by atoms with E-state index in [2.05, 4.69) is 10.2 Å². The van der Waals surface area contributed by atoms with Crippen molar-refractivity contribution in [2.45, 2.75) is 19.3 Å². The molecule has 1 aliphatic rings. The third kappa shape index (κ3) is 4.24. The van der Waals surface area contributed by atoms with E-state index in [1.807, 2.05) is 0 Å². The van der Waals surface area contributed by atoms with Crippen LogP contribution in [0.1, 0.15) is 19.3 Å². The van der Waals surface area contributed by atoms with Gasteiger partial charge in [0, 0.05) is 13.1 Å². The number of nitrogens with two attached hydrogens (primary N) is 1. The van der Waals surface area contributed by atoms with Gasteiger partial charge in [-0.25, -0.2) is 0 Å². The fraction of sp³-hybridized carbons (Fsp3) is 0.889. The number of carbonyl (C=O) groups is 1. The van der Waals surface area contributed by atoms with E-state index in [4.69, 9.17) is 5.73 Å². The van der Waals surface area contributed by atoms with Crippen molar-refractivity contribution < 1.29 is 4.79 Å². The Morgan fingerprint density at radius 1 is 1.31 bits per heavy atom. The molecule has 1 aliphatic heterocycles. The Hall–Kier alpha value is -0.610. The average Bonchev–Trinajstić information content (AvgIpc) is 2.16. The molecule has 1 rings (SSSR count). The number of amides is 1. The summed E-state index contributed by atoms with van der Waals surface area (Å²) < 4.78 is 0. The molecule has 0 saturated carbocycles. The van der Waals surface area contributed by atoms with Gasteiger partial charge in [0.2, 0.25) is 5.91 Å². The maximum atomic E-state index is 11.3. The summed E-state index contributed by atoms with van der Waals surface area (Å²) in [5.41, 5.74) is 5.28. The van der Waals surface area contributed by atoms with E-state index >= 15 is 0 Å². The normalized spacial score (nSPS) is 18.5. The van der Waals surface area contributed by atoms with E-state index in [0.717, 1.165) is 13.1 Å². The highest BCUT2D eigenvalue weighted by Gasteiger charge is 2.12. The van der Waals surface area contributed by atoms with Crippen LogP contribution in [0.2, 0.25) is 0 Å². The van der Waals surface area contributed by atoms with E-state index in [9.17, 15) is 4.79 Å². The van der Waals surface area contributed by atoms with Crippen LogP contribution in [0.15, 0.2) is 0 Å². The second kappa shape index (κ2) is 5.94. The van der Waals surface area contributed by atoms with E-state index in [1.165, 1.54) is 19.3 Å². The van der Waals surface area contributed by atoms with Crippen molar-refractivity contribution >= 4 is 5.91 Å². The topological polar surface area (TPSA) is 58.4 Å². The molecule has 1 amide bonds. The second-order valence-corrected chi connectivity index (χ2v) is 3.48. The van der Waals surface area contributed by atoms with Crippen molar-refractivity contribution in [1.82, 2.24) is 10.2 Å². The van der Waals surface area contributed by atoms with Crippen molar-refractivity contribution in [3.8, 4) is 0 Å². The molecule has 76 valence electrons. The number of hydrogen-bond acceptors (Lipinski definition) is 3. The molecule has 4 nitrogen and oxygen atoms in total. The molecule has 3 N–H and O–H groups in total. The molecule has 4 heteroatoms. The molecule has 0 aromatic carbocycles. The van der Waals surface area contributed by atoms with Gasteiger partial charge < -0.3 is 11.1 Å². The third-order valence-electron chi connectivity index (χ3n) is 2.28. The van der Waals surface area contributed by atoms with Crippen molar-refractivity contribution in [1.29, 1.82) is 0 Å². The molecule has 0 atom stereocenters. The summed E-state index contributed by atoms with van der Waals surface area (Å²) in [6, 6.07) is 0. The van der Waals surface area contributed by atoms with Crippen molar-refractivity contribution in [3.05, 3.63) is 0 Å². The minimum atomic E-state index is 0.104. The summed E-state index contributed by atoms with van der Waals surface area (Å²) in [5, 5.41) is 2.77. The van der Waals surface area contributed by atoms with Crippen molar-refractivity contribution in [2.75, 3.05) is 32.7 Å². The monoisotopic (exact) mass is 185 g/mol. The first-order valence-electron chi connectivity index (χ1n) is 5.02. The van der Waals surface area contributed by atoms with Crippen LogP contribution >= 0.6 is 0 Å². The average molecular weight is 185 g/mol. The van der Waals surface area contributed by atoms with Gasteiger partial charge in [-0.2, -0.15) is 0 Å². The van der Waals surface area contributed by atoms with Crippen molar-refractivity contribution in [3.63, 3.8) is 0 Å². The lowest BCUT2D eigenvalue weighted by Gasteiger charge is -2.25. The summed E-state index contributed by atoms with van der Waals surface area (Å²) in [6.07, 6.45) is 3.76. The standard InChI is InChI=1S/C9H19N3O/c10-4-5-11-9(13)8-12-6-2-1-3-7-12/h1-8,10H2,(H,11,13). The molecular formula is C9H19N3O. The van der Waals surface area contributed by atoms with Gasteiger partial charge in [0.25, 0.3) is 0 Å². The highest BCUT2D eigenvalue weighted by Crippen LogP contribution is 2.07. The van der Waals surface area contributed by atoms with Crippen LogP contribution in [-0.4, -0.2) is 43.5 Å². The molecule has 0 aromatic heterocycles. The Kier molecular flexibility index (Phi) is 4.78. The zero-order valence-corrected chi connectivity index (χ0v) is 8.09. The largest absolute Gasteiger partial charge is 0.354 e. The molecule has 1 heterocycles. The number of carbonyl (C=O) groups excluding carboxylic acids is 1. The molecule has 1 fully saturated rings.